The molecule has 24 heavy (non-hydrogen) atoms. The lowest BCUT2D eigenvalue weighted by molar-refractivity contribution is 0.159. The minimum absolute atomic E-state index is 0. The van der Waals surface area contributed by atoms with Crippen LogP contribution in [0, 0.1) is 0 Å². The Morgan fingerprint density at radius 2 is 2.21 bits per heavy atom. The zero-order valence-corrected chi connectivity index (χ0v) is 17.3. The molecule has 0 amide bonds. The van der Waals surface area contributed by atoms with Gasteiger partial charge in [0.25, 0.3) is 0 Å². The molecule has 0 spiro atoms. The lowest BCUT2D eigenvalue weighted by Crippen LogP contribution is -2.41. The Balaban J connectivity index is 0.00000288. The Kier molecular flexibility index (Phi) is 11.0. The van der Waals surface area contributed by atoms with Gasteiger partial charge in [-0.15, -0.1) is 24.0 Å². The quantitative estimate of drug-likeness (QED) is 0.293. The summed E-state index contributed by atoms with van der Waals surface area (Å²) in [7, 11) is 0. The van der Waals surface area contributed by atoms with E-state index in [0.717, 1.165) is 37.2 Å². The molecule has 136 valence electrons. The number of nitrogens with one attached hydrogen (secondary N) is 2. The highest BCUT2D eigenvalue weighted by Crippen LogP contribution is 2.15. The molecule has 1 atom stereocenters. The van der Waals surface area contributed by atoms with E-state index in [-0.39, 0.29) is 24.0 Å². The maximum atomic E-state index is 4.60. The number of likely N-dealkylation sites (tertiary alicyclic amines) is 1. The maximum Gasteiger partial charge on any atom is 0.191 e. The molecule has 0 saturated carbocycles. The van der Waals surface area contributed by atoms with E-state index in [4.69, 9.17) is 0 Å². The summed E-state index contributed by atoms with van der Waals surface area (Å²) in [5.41, 5.74) is 0.992. The van der Waals surface area contributed by atoms with Crippen LogP contribution in [-0.2, 0) is 6.54 Å². The van der Waals surface area contributed by atoms with Crippen molar-refractivity contribution < 1.29 is 0 Å². The largest absolute Gasteiger partial charge is 0.357 e. The van der Waals surface area contributed by atoms with E-state index in [1.54, 1.807) is 0 Å². The predicted octanol–water partition coefficient (Wildman–Crippen LogP) is 3.02. The van der Waals surface area contributed by atoms with Gasteiger partial charge in [0.2, 0.25) is 0 Å². The van der Waals surface area contributed by atoms with E-state index in [2.05, 4.69) is 39.4 Å². The number of aromatic nitrogens is 1. The molecule has 1 unspecified atom stereocenters. The van der Waals surface area contributed by atoms with Crippen molar-refractivity contribution in [3.63, 3.8) is 0 Å². The van der Waals surface area contributed by atoms with E-state index < -0.39 is 0 Å². The normalized spacial score (nSPS) is 18.8. The van der Waals surface area contributed by atoms with Gasteiger partial charge in [0.1, 0.15) is 0 Å². The Bertz CT molecular complexity index is 466. The lowest BCUT2D eigenvalue weighted by Gasteiger charge is -2.33. The van der Waals surface area contributed by atoms with Gasteiger partial charge >= 0.3 is 0 Å². The number of halogens is 1. The number of piperidine rings is 1. The Morgan fingerprint density at radius 3 is 2.92 bits per heavy atom. The number of nitrogens with zero attached hydrogens (tertiary/aromatic N) is 3. The van der Waals surface area contributed by atoms with Crippen LogP contribution in [0.3, 0.4) is 0 Å². The highest BCUT2D eigenvalue weighted by molar-refractivity contribution is 14.0. The molecule has 1 saturated heterocycles. The molecular formula is C18H32IN5. The average Bonchev–Trinajstić information content (AvgIpc) is 2.59. The molecule has 0 radical (unpaired) electrons. The summed E-state index contributed by atoms with van der Waals surface area (Å²) in [5, 5.41) is 6.73. The van der Waals surface area contributed by atoms with Crippen LogP contribution < -0.4 is 10.6 Å². The highest BCUT2D eigenvalue weighted by atomic mass is 127. The topological polar surface area (TPSA) is 52.6 Å². The van der Waals surface area contributed by atoms with E-state index in [1.807, 2.05) is 24.4 Å². The first-order chi connectivity index (χ1) is 11.3. The number of hydrogen-bond donors (Lipinski definition) is 2. The summed E-state index contributed by atoms with van der Waals surface area (Å²) in [6.07, 6.45) is 7.05. The average molecular weight is 445 g/mol. The predicted molar refractivity (Wildman–Crippen MR) is 112 cm³/mol. The van der Waals surface area contributed by atoms with E-state index >= 15 is 0 Å². The van der Waals surface area contributed by atoms with Crippen LogP contribution >= 0.6 is 24.0 Å². The standard InChI is InChI=1S/C18H31N5.HI/c1-3-19-18(22-15-17-10-4-6-11-20-17)21-12-8-14-23-13-7-5-9-16(23)2;/h4,6,10-11,16H,3,5,7-9,12-15H2,1-2H3,(H2,19,21,22);1H. The van der Waals surface area contributed by atoms with Crippen molar-refractivity contribution in [2.24, 2.45) is 4.99 Å². The Labute approximate surface area is 163 Å². The third kappa shape index (κ3) is 7.79. The molecule has 6 heteroatoms. The summed E-state index contributed by atoms with van der Waals surface area (Å²) in [5.74, 6) is 0.879. The van der Waals surface area contributed by atoms with Gasteiger partial charge in [0.05, 0.1) is 12.2 Å². The molecule has 2 N–H and O–H groups in total. The minimum Gasteiger partial charge on any atom is -0.357 e. The van der Waals surface area contributed by atoms with Gasteiger partial charge in [0.15, 0.2) is 5.96 Å². The van der Waals surface area contributed by atoms with Gasteiger partial charge in [-0.3, -0.25) is 4.98 Å². The van der Waals surface area contributed by atoms with Crippen molar-refractivity contribution in [1.29, 1.82) is 0 Å². The monoisotopic (exact) mass is 445 g/mol. The fourth-order valence-corrected chi connectivity index (χ4v) is 2.97. The highest BCUT2D eigenvalue weighted by Gasteiger charge is 2.16. The van der Waals surface area contributed by atoms with Crippen LogP contribution in [0.25, 0.3) is 0 Å². The molecule has 1 aromatic heterocycles. The van der Waals surface area contributed by atoms with Crippen molar-refractivity contribution >= 4 is 29.9 Å². The molecule has 0 aliphatic carbocycles. The van der Waals surface area contributed by atoms with Gasteiger partial charge in [-0.1, -0.05) is 12.5 Å². The van der Waals surface area contributed by atoms with Crippen molar-refractivity contribution in [2.45, 2.75) is 52.1 Å². The van der Waals surface area contributed by atoms with E-state index in [0.29, 0.717) is 6.54 Å². The van der Waals surface area contributed by atoms with Gasteiger partial charge in [-0.2, -0.15) is 0 Å². The van der Waals surface area contributed by atoms with Crippen molar-refractivity contribution in [3.05, 3.63) is 30.1 Å². The van der Waals surface area contributed by atoms with Crippen LogP contribution in [0.2, 0.25) is 0 Å². The smallest absolute Gasteiger partial charge is 0.191 e. The maximum absolute atomic E-state index is 4.60. The number of hydrogen-bond acceptors (Lipinski definition) is 3. The van der Waals surface area contributed by atoms with Crippen LogP contribution in [0.1, 0.15) is 45.2 Å². The first-order valence-electron chi connectivity index (χ1n) is 8.95. The number of guanidine groups is 1. The molecule has 1 aromatic rings. The second-order valence-corrected chi connectivity index (χ2v) is 6.18. The number of pyridine rings is 1. The molecule has 2 heterocycles. The first-order valence-corrected chi connectivity index (χ1v) is 8.95. The summed E-state index contributed by atoms with van der Waals surface area (Å²) >= 11 is 0. The summed E-state index contributed by atoms with van der Waals surface area (Å²) in [6.45, 7) is 9.31. The SMILES string of the molecule is CCNC(=NCc1ccccn1)NCCCN1CCCCC1C.I. The molecule has 0 aromatic carbocycles. The van der Waals surface area contributed by atoms with Gasteiger partial charge in [-0.05, 0) is 51.8 Å². The second kappa shape index (κ2) is 12.5. The zero-order valence-electron chi connectivity index (χ0n) is 15.0. The first kappa shape index (κ1) is 21.2. The fourth-order valence-electron chi connectivity index (χ4n) is 2.97. The van der Waals surface area contributed by atoms with Gasteiger partial charge in [0, 0.05) is 31.9 Å². The summed E-state index contributed by atoms with van der Waals surface area (Å²) in [6, 6.07) is 6.68. The minimum atomic E-state index is 0. The Hall–Kier alpha value is -0.890. The number of aliphatic imine (C=N–C) groups is 1. The zero-order chi connectivity index (χ0) is 16.3. The van der Waals surface area contributed by atoms with E-state index in [9.17, 15) is 0 Å². The van der Waals surface area contributed by atoms with E-state index in [1.165, 1.54) is 32.4 Å². The van der Waals surface area contributed by atoms with Gasteiger partial charge in [-0.25, -0.2) is 4.99 Å². The van der Waals surface area contributed by atoms with Crippen LogP contribution in [0.4, 0.5) is 0 Å². The summed E-state index contributed by atoms with van der Waals surface area (Å²) in [4.78, 5) is 11.5. The van der Waals surface area contributed by atoms with Crippen LogP contribution in [-0.4, -0.2) is 48.1 Å². The summed E-state index contributed by atoms with van der Waals surface area (Å²) < 4.78 is 0. The lowest BCUT2D eigenvalue weighted by atomic mass is 10.0. The molecule has 2 rings (SSSR count). The van der Waals surface area contributed by atoms with Crippen molar-refractivity contribution in [3.8, 4) is 0 Å². The molecule has 0 bridgehead atoms. The van der Waals surface area contributed by atoms with Crippen molar-refractivity contribution in [1.82, 2.24) is 20.5 Å². The van der Waals surface area contributed by atoms with Crippen molar-refractivity contribution in [2.75, 3.05) is 26.2 Å². The number of rotatable bonds is 7. The molecule has 1 fully saturated rings. The Morgan fingerprint density at radius 1 is 1.33 bits per heavy atom. The fraction of sp³-hybridized carbons (Fsp3) is 0.667. The molecule has 1 aliphatic rings. The van der Waals surface area contributed by atoms with Crippen LogP contribution in [0.15, 0.2) is 29.4 Å². The third-order valence-electron chi connectivity index (χ3n) is 4.32. The third-order valence-corrected chi connectivity index (χ3v) is 4.32. The van der Waals surface area contributed by atoms with Crippen LogP contribution in [0.5, 0.6) is 0 Å². The molecule has 1 aliphatic heterocycles. The molecule has 5 nitrogen and oxygen atoms in total. The molecular weight excluding hydrogens is 413 g/mol. The van der Waals surface area contributed by atoms with Gasteiger partial charge < -0.3 is 15.5 Å². The second-order valence-electron chi connectivity index (χ2n) is 6.18.